The summed E-state index contributed by atoms with van der Waals surface area (Å²) in [6.07, 6.45) is 0. The number of hydrogen-bond donors (Lipinski definition) is 2. The fourth-order valence-electron chi connectivity index (χ4n) is 0.816. The molecule has 58 valence electrons. The first kappa shape index (κ1) is 6.22. The van der Waals surface area contributed by atoms with E-state index in [2.05, 4.69) is 11.0 Å². The Morgan fingerprint density at radius 2 is 2.36 bits per heavy atom. The van der Waals surface area contributed by atoms with Gasteiger partial charge in [0.1, 0.15) is 0 Å². The van der Waals surface area contributed by atoms with Crippen molar-refractivity contribution in [3.8, 4) is 0 Å². The van der Waals surface area contributed by atoms with E-state index >= 15 is 0 Å². The molecule has 0 aromatic heterocycles. The Hall–Kier alpha value is -1.51. The van der Waals surface area contributed by atoms with Gasteiger partial charge in [-0.15, -0.1) is 0 Å². The van der Waals surface area contributed by atoms with Crippen molar-refractivity contribution < 1.29 is 6.21 Å². The van der Waals surface area contributed by atoms with E-state index in [0.717, 1.165) is 0 Å². The molecule has 0 aliphatic rings. The van der Waals surface area contributed by atoms with Crippen LogP contribution in [-0.2, 0) is 0 Å². The number of nitrogens with one attached hydrogen (secondary N) is 1. The fraction of sp³-hybridized carbons (Fsp3) is 0.125. The number of amides is 1. The van der Waals surface area contributed by atoms with E-state index in [1.54, 1.807) is 31.3 Å². The molecule has 0 saturated carbocycles. The van der Waals surface area contributed by atoms with Crippen molar-refractivity contribution in [3.05, 3.63) is 29.8 Å². The Balaban J connectivity index is 3.04. The first-order chi connectivity index (χ1) is 5.79. The second kappa shape index (κ2) is 3.05. The third-order valence-corrected chi connectivity index (χ3v) is 1.40. The summed E-state index contributed by atoms with van der Waals surface area (Å²) in [6, 6.07) is 6.86. The van der Waals surface area contributed by atoms with Crippen molar-refractivity contribution in [2.75, 3.05) is 12.8 Å². The van der Waals surface area contributed by atoms with Crippen molar-refractivity contribution in [1.82, 2.24) is 5.32 Å². The second-order valence-corrected chi connectivity index (χ2v) is 2.12. The Bertz CT molecular complexity index is 288. The van der Waals surface area contributed by atoms with Gasteiger partial charge in [-0.1, -0.05) is 12.1 Å². The average molecular weight is 152 g/mol. The van der Waals surface area contributed by atoms with Crippen LogP contribution < -0.4 is 11.0 Å². The normalized spacial score (nSPS) is 10.1. The standard InChI is InChI=1S/C8H10N2O/c1-10-8(11)6-4-2-3-5-7(6)9/h2-5H,9H2,1H3,(H,10,11)/i/hT. The van der Waals surface area contributed by atoms with Crippen LogP contribution in [0.3, 0.4) is 0 Å². The number of rotatable bonds is 2. The molecule has 3 nitrogen and oxygen atoms in total. The first-order valence-electron chi connectivity index (χ1n) is 3.78. The van der Waals surface area contributed by atoms with Gasteiger partial charge in [0.2, 0.25) is 0 Å². The van der Waals surface area contributed by atoms with Gasteiger partial charge < -0.3 is 11.0 Å². The zero-order chi connectivity index (χ0) is 8.97. The molecule has 0 bridgehead atoms. The summed E-state index contributed by atoms with van der Waals surface area (Å²) < 4.78 is 6.92. The minimum atomic E-state index is -0.189. The van der Waals surface area contributed by atoms with Crippen LogP contribution >= 0.6 is 0 Å². The molecule has 0 heterocycles. The predicted molar refractivity (Wildman–Crippen MR) is 44.2 cm³/mol. The Kier molecular flexibility index (Phi) is 1.73. The molecular formula is C8H10N2O. The zero-order valence-electron chi connectivity index (χ0n) is 7.22. The summed E-state index contributed by atoms with van der Waals surface area (Å²) in [7, 11) is 1.56. The maximum Gasteiger partial charge on any atom is 0.253 e. The Morgan fingerprint density at radius 3 is 3.00 bits per heavy atom. The highest BCUT2D eigenvalue weighted by molar-refractivity contribution is 5.98. The number of carbonyl (C=O) groups is 1. The third kappa shape index (κ3) is 1.49. The molecule has 0 radical (unpaired) electrons. The lowest BCUT2D eigenvalue weighted by atomic mass is 10.2. The molecule has 0 aliphatic carbocycles. The highest BCUT2D eigenvalue weighted by Crippen LogP contribution is 2.09. The highest BCUT2D eigenvalue weighted by atomic mass is 16.1. The van der Waals surface area contributed by atoms with Gasteiger partial charge in [0.15, 0.2) is 1.41 Å². The second-order valence-electron chi connectivity index (χ2n) is 2.12. The largest absolute Gasteiger partial charge is 0.398 e. The van der Waals surface area contributed by atoms with Crippen LogP contribution in [0.25, 0.3) is 0 Å². The third-order valence-electron chi connectivity index (χ3n) is 1.40. The fourth-order valence-corrected chi connectivity index (χ4v) is 0.816. The highest BCUT2D eigenvalue weighted by Gasteiger charge is 2.04. The first-order valence-corrected chi connectivity index (χ1v) is 3.28. The molecule has 1 amide bonds. The van der Waals surface area contributed by atoms with E-state index in [4.69, 9.17) is 1.41 Å². The molecule has 3 heteroatoms. The molecule has 0 saturated heterocycles. The number of benzene rings is 1. The molecule has 3 N–H and O–H groups in total. The van der Waals surface area contributed by atoms with Crippen LogP contribution in [0.15, 0.2) is 24.3 Å². The van der Waals surface area contributed by atoms with Gasteiger partial charge in [-0.25, -0.2) is 0 Å². The smallest absolute Gasteiger partial charge is 0.253 e. The molecule has 11 heavy (non-hydrogen) atoms. The van der Waals surface area contributed by atoms with E-state index in [1.807, 2.05) is 0 Å². The van der Waals surface area contributed by atoms with Crippen molar-refractivity contribution in [2.24, 2.45) is 0 Å². The summed E-state index contributed by atoms with van der Waals surface area (Å²) in [4.78, 5) is 11.2. The van der Waals surface area contributed by atoms with Crippen molar-refractivity contribution >= 4 is 11.6 Å². The van der Waals surface area contributed by atoms with Crippen LogP contribution in [0.5, 0.6) is 0 Å². The van der Waals surface area contributed by atoms with E-state index in [1.165, 1.54) is 0 Å². The van der Waals surface area contributed by atoms with Gasteiger partial charge in [-0.05, 0) is 12.1 Å². The quantitative estimate of drug-likeness (QED) is 0.610. The van der Waals surface area contributed by atoms with Gasteiger partial charge in [0.25, 0.3) is 5.91 Å². The Morgan fingerprint density at radius 1 is 1.64 bits per heavy atom. The minimum absolute atomic E-state index is 0.189. The molecule has 0 fully saturated rings. The van der Waals surface area contributed by atoms with Gasteiger partial charge in [-0.3, -0.25) is 4.79 Å². The summed E-state index contributed by atoms with van der Waals surface area (Å²) in [6.45, 7) is 0. The lowest BCUT2D eigenvalue weighted by molar-refractivity contribution is 0.0964. The van der Waals surface area contributed by atoms with Crippen LogP contribution in [-0.4, -0.2) is 13.0 Å². The van der Waals surface area contributed by atoms with E-state index in [-0.39, 0.29) is 5.91 Å². The van der Waals surface area contributed by atoms with Gasteiger partial charge in [0, 0.05) is 12.7 Å². The van der Waals surface area contributed by atoms with Crippen LogP contribution in [0, 0.1) is 0 Å². The molecule has 0 aliphatic heterocycles. The van der Waals surface area contributed by atoms with Crippen LogP contribution in [0.4, 0.5) is 5.69 Å². The topological polar surface area (TPSA) is 55.1 Å². The lowest BCUT2D eigenvalue weighted by Crippen LogP contribution is -2.19. The molecular weight excluding hydrogens is 140 g/mol. The summed E-state index contributed by atoms with van der Waals surface area (Å²) in [5, 5.41) is 2.49. The van der Waals surface area contributed by atoms with Crippen molar-refractivity contribution in [3.63, 3.8) is 0 Å². The number of nitrogens with two attached hydrogens (primary N) is 1. The van der Waals surface area contributed by atoms with Crippen molar-refractivity contribution in [2.45, 2.75) is 0 Å². The number of hydrogen-bond acceptors (Lipinski definition) is 2. The zero-order valence-corrected chi connectivity index (χ0v) is 6.22. The number of nitrogen functional groups attached to an aromatic ring is 1. The number of carbonyl (C=O) groups excluding carboxylic acids is 1. The van der Waals surface area contributed by atoms with Gasteiger partial charge in [0.05, 0.1) is 5.56 Å². The maximum absolute atomic E-state index is 11.2. The predicted octanol–water partition coefficient (Wildman–Crippen LogP) is 0.628. The van der Waals surface area contributed by atoms with Gasteiger partial charge >= 0.3 is 0 Å². The SMILES string of the molecule is [3H]Nc1ccccc1C(=O)NC. The van der Waals surface area contributed by atoms with E-state index in [9.17, 15) is 4.79 Å². The average Bonchev–Trinajstić information content (AvgIpc) is 2.16. The van der Waals surface area contributed by atoms with Crippen LogP contribution in [0.1, 0.15) is 10.4 Å². The van der Waals surface area contributed by atoms with Gasteiger partial charge in [-0.2, -0.15) is 0 Å². The summed E-state index contributed by atoms with van der Waals surface area (Å²) >= 11 is 0. The molecule has 0 unspecified atom stereocenters. The maximum atomic E-state index is 11.2. The molecule has 1 aromatic carbocycles. The van der Waals surface area contributed by atoms with E-state index < -0.39 is 0 Å². The lowest BCUT2D eigenvalue weighted by Gasteiger charge is -2.01. The summed E-state index contributed by atoms with van der Waals surface area (Å²) in [5.41, 5.74) is 3.19. The van der Waals surface area contributed by atoms with Crippen molar-refractivity contribution in [1.29, 1.82) is 0 Å². The minimum Gasteiger partial charge on any atom is -0.398 e. The monoisotopic (exact) mass is 152 g/mol. The number of para-hydroxylation sites is 1. The molecule has 0 spiro atoms. The molecule has 0 atom stereocenters. The van der Waals surface area contributed by atoms with E-state index in [0.29, 0.717) is 11.3 Å². The van der Waals surface area contributed by atoms with Crippen LogP contribution in [0.2, 0.25) is 1.41 Å². The Labute approximate surface area is 66.7 Å². The molecule has 1 rings (SSSR count). The summed E-state index contributed by atoms with van der Waals surface area (Å²) in [5.74, 6) is -0.189. The number of anilines is 1. The molecule has 1 aromatic rings.